The highest BCUT2D eigenvalue weighted by Gasteiger charge is 2.35. The molecule has 2 aromatic carbocycles. The Morgan fingerprint density at radius 3 is 2.49 bits per heavy atom. The van der Waals surface area contributed by atoms with Crippen LogP contribution in [0, 0.1) is 12.3 Å². The molecule has 1 fully saturated rings. The molecule has 210 valence electrons. The first-order chi connectivity index (χ1) is 18.6. The number of hydrazone groups is 1. The molecule has 0 radical (unpaired) electrons. The van der Waals surface area contributed by atoms with E-state index >= 15 is 0 Å². The summed E-state index contributed by atoms with van der Waals surface area (Å²) >= 11 is 0. The van der Waals surface area contributed by atoms with E-state index in [4.69, 9.17) is 14.6 Å². The second-order valence-corrected chi connectivity index (χ2v) is 11.7. The minimum atomic E-state index is -0.238. The second kappa shape index (κ2) is 12.7. The lowest BCUT2D eigenvalue weighted by molar-refractivity contribution is -0.142. The molecule has 1 saturated heterocycles. The third-order valence-electron chi connectivity index (χ3n) is 7.18. The first-order valence-electron chi connectivity index (χ1n) is 13.8. The molecular formula is C31H42N4O4. The van der Waals surface area contributed by atoms with Gasteiger partial charge >= 0.3 is 0 Å². The monoisotopic (exact) mass is 534 g/mol. The van der Waals surface area contributed by atoms with Crippen molar-refractivity contribution in [1.82, 2.24) is 14.8 Å². The van der Waals surface area contributed by atoms with E-state index in [1.54, 1.807) is 17.0 Å². The summed E-state index contributed by atoms with van der Waals surface area (Å²) in [6.07, 6.45) is 0.967. The Labute approximate surface area is 232 Å². The largest absolute Gasteiger partial charge is 0.497 e. The highest BCUT2D eigenvalue weighted by atomic mass is 16.5. The van der Waals surface area contributed by atoms with Crippen LogP contribution < -0.4 is 4.74 Å². The van der Waals surface area contributed by atoms with E-state index in [1.807, 2.05) is 52.0 Å². The van der Waals surface area contributed by atoms with Crippen molar-refractivity contribution in [3.05, 3.63) is 65.2 Å². The quantitative estimate of drug-likeness (QED) is 0.480. The molecule has 0 saturated carbocycles. The first-order valence-corrected chi connectivity index (χ1v) is 13.8. The van der Waals surface area contributed by atoms with E-state index in [0.717, 1.165) is 41.2 Å². The molecule has 0 N–H and O–H groups in total. The van der Waals surface area contributed by atoms with Crippen molar-refractivity contribution >= 4 is 17.5 Å². The lowest BCUT2D eigenvalue weighted by Crippen LogP contribution is -2.47. The molecule has 0 spiro atoms. The standard InChI is InChI=1S/C31H42N4O4/c1-23-9-11-24(12-10-23)28-20-27(25-7-6-8-26(19-25)38-5)32-35(28)30(37)22-34(29(36)21-31(2,3)4)14-13-33-15-17-39-18-16-33/h6-12,19,28H,13-18,20-22H2,1-5H3. The van der Waals surface area contributed by atoms with Gasteiger partial charge in [-0.2, -0.15) is 5.10 Å². The maximum atomic E-state index is 13.9. The van der Waals surface area contributed by atoms with Crippen LogP contribution in [0.25, 0.3) is 0 Å². The number of aryl methyl sites for hydroxylation is 1. The number of hydrogen-bond donors (Lipinski definition) is 0. The molecule has 8 heteroatoms. The maximum absolute atomic E-state index is 13.9. The van der Waals surface area contributed by atoms with Crippen LogP contribution in [0.2, 0.25) is 0 Å². The molecule has 0 aliphatic carbocycles. The highest BCUT2D eigenvalue weighted by Crippen LogP contribution is 2.34. The summed E-state index contributed by atoms with van der Waals surface area (Å²) in [4.78, 5) is 31.3. The summed E-state index contributed by atoms with van der Waals surface area (Å²) in [6, 6.07) is 15.8. The Bertz CT molecular complexity index is 1170. The summed E-state index contributed by atoms with van der Waals surface area (Å²) in [6.45, 7) is 12.5. The summed E-state index contributed by atoms with van der Waals surface area (Å²) < 4.78 is 10.9. The number of carbonyl (C=O) groups excluding carboxylic acids is 2. The van der Waals surface area contributed by atoms with E-state index in [2.05, 4.69) is 29.2 Å². The minimum Gasteiger partial charge on any atom is -0.497 e. The van der Waals surface area contributed by atoms with Crippen molar-refractivity contribution in [2.75, 3.05) is 53.0 Å². The predicted octanol–water partition coefficient (Wildman–Crippen LogP) is 4.28. The number of nitrogens with zero attached hydrogens (tertiary/aromatic N) is 4. The van der Waals surface area contributed by atoms with Gasteiger partial charge in [0, 0.05) is 44.6 Å². The summed E-state index contributed by atoms with van der Waals surface area (Å²) in [7, 11) is 1.64. The molecule has 1 unspecified atom stereocenters. The number of amides is 2. The van der Waals surface area contributed by atoms with Crippen LogP contribution in [0.4, 0.5) is 0 Å². The number of rotatable bonds is 9. The fourth-order valence-corrected chi connectivity index (χ4v) is 4.95. The molecule has 2 aliphatic heterocycles. The van der Waals surface area contributed by atoms with Crippen LogP contribution in [-0.4, -0.2) is 85.4 Å². The second-order valence-electron chi connectivity index (χ2n) is 11.7. The Morgan fingerprint density at radius 2 is 1.82 bits per heavy atom. The van der Waals surface area contributed by atoms with Crippen LogP contribution in [0.3, 0.4) is 0 Å². The molecule has 2 aromatic rings. The number of methoxy groups -OCH3 is 1. The van der Waals surface area contributed by atoms with Gasteiger partial charge in [-0.3, -0.25) is 14.5 Å². The van der Waals surface area contributed by atoms with Gasteiger partial charge in [-0.1, -0.05) is 62.7 Å². The molecular weight excluding hydrogens is 492 g/mol. The molecule has 2 heterocycles. The SMILES string of the molecule is COc1cccc(C2=NN(C(=O)CN(CCN3CCOCC3)C(=O)CC(C)(C)C)C(c3ccc(C)cc3)C2)c1. The van der Waals surface area contributed by atoms with E-state index in [1.165, 1.54) is 0 Å². The number of carbonyl (C=O) groups is 2. The van der Waals surface area contributed by atoms with Crippen molar-refractivity contribution in [3.63, 3.8) is 0 Å². The highest BCUT2D eigenvalue weighted by molar-refractivity contribution is 6.03. The Kier molecular flexibility index (Phi) is 9.40. The van der Waals surface area contributed by atoms with Crippen molar-refractivity contribution in [2.24, 2.45) is 10.5 Å². The zero-order valence-corrected chi connectivity index (χ0v) is 24.0. The fraction of sp³-hybridized carbons (Fsp3) is 0.516. The molecule has 39 heavy (non-hydrogen) atoms. The lowest BCUT2D eigenvalue weighted by Gasteiger charge is -2.32. The summed E-state index contributed by atoms with van der Waals surface area (Å²) in [5.74, 6) is 0.559. The third kappa shape index (κ3) is 7.90. The van der Waals surface area contributed by atoms with Gasteiger partial charge in [0.15, 0.2) is 0 Å². The number of hydrogen-bond acceptors (Lipinski definition) is 6. The van der Waals surface area contributed by atoms with Crippen molar-refractivity contribution in [2.45, 2.75) is 46.6 Å². The fourth-order valence-electron chi connectivity index (χ4n) is 4.95. The van der Waals surface area contributed by atoms with Gasteiger partial charge in [0.25, 0.3) is 5.91 Å². The van der Waals surface area contributed by atoms with Crippen LogP contribution in [-0.2, 0) is 14.3 Å². The van der Waals surface area contributed by atoms with Crippen molar-refractivity contribution < 1.29 is 19.1 Å². The Balaban J connectivity index is 1.58. The van der Waals surface area contributed by atoms with Crippen LogP contribution in [0.5, 0.6) is 5.75 Å². The third-order valence-corrected chi connectivity index (χ3v) is 7.18. The van der Waals surface area contributed by atoms with E-state index in [-0.39, 0.29) is 29.8 Å². The smallest absolute Gasteiger partial charge is 0.262 e. The van der Waals surface area contributed by atoms with Gasteiger partial charge in [-0.25, -0.2) is 5.01 Å². The molecule has 0 aromatic heterocycles. The van der Waals surface area contributed by atoms with Gasteiger partial charge in [-0.15, -0.1) is 0 Å². The van der Waals surface area contributed by atoms with Crippen molar-refractivity contribution in [3.8, 4) is 5.75 Å². The molecule has 0 bridgehead atoms. The zero-order chi connectivity index (χ0) is 28.0. The van der Waals surface area contributed by atoms with E-state index in [0.29, 0.717) is 39.1 Å². The topological polar surface area (TPSA) is 74.7 Å². The lowest BCUT2D eigenvalue weighted by atomic mass is 9.91. The molecule has 2 aliphatic rings. The Morgan fingerprint density at radius 1 is 1.10 bits per heavy atom. The maximum Gasteiger partial charge on any atom is 0.262 e. The van der Waals surface area contributed by atoms with E-state index < -0.39 is 0 Å². The summed E-state index contributed by atoms with van der Waals surface area (Å²) in [5.41, 5.74) is 3.76. The van der Waals surface area contributed by atoms with Crippen LogP contribution >= 0.6 is 0 Å². The predicted molar refractivity (Wildman–Crippen MR) is 153 cm³/mol. The minimum absolute atomic E-state index is 0.00347. The number of morpholine rings is 1. The normalized spacial score (nSPS) is 18.1. The van der Waals surface area contributed by atoms with Gasteiger partial charge in [0.1, 0.15) is 12.3 Å². The number of benzene rings is 2. The van der Waals surface area contributed by atoms with Gasteiger partial charge in [0.05, 0.1) is 32.1 Å². The number of ether oxygens (including phenoxy) is 2. The first kappa shape index (κ1) is 28.8. The molecule has 4 rings (SSSR count). The molecule has 8 nitrogen and oxygen atoms in total. The molecule has 1 atom stereocenters. The average Bonchev–Trinajstić information content (AvgIpc) is 3.37. The van der Waals surface area contributed by atoms with Crippen LogP contribution in [0.1, 0.15) is 56.3 Å². The van der Waals surface area contributed by atoms with E-state index in [9.17, 15) is 9.59 Å². The zero-order valence-electron chi connectivity index (χ0n) is 24.0. The van der Waals surface area contributed by atoms with Crippen molar-refractivity contribution in [1.29, 1.82) is 0 Å². The van der Waals surface area contributed by atoms with Gasteiger partial charge < -0.3 is 14.4 Å². The van der Waals surface area contributed by atoms with Crippen LogP contribution in [0.15, 0.2) is 53.6 Å². The van der Waals surface area contributed by atoms with Gasteiger partial charge in [0.2, 0.25) is 5.91 Å². The van der Waals surface area contributed by atoms with Gasteiger partial charge in [-0.05, 0) is 30.0 Å². The average molecular weight is 535 g/mol. The Hall–Kier alpha value is -3.23. The molecule has 2 amide bonds. The summed E-state index contributed by atoms with van der Waals surface area (Å²) in [5, 5.41) is 6.42.